The van der Waals surface area contributed by atoms with Crippen molar-refractivity contribution in [2.45, 2.75) is 42.6 Å². The van der Waals surface area contributed by atoms with E-state index in [0.717, 1.165) is 38.4 Å². The Bertz CT molecular complexity index is 2300. The third-order valence-electron chi connectivity index (χ3n) is 9.63. The fourth-order valence-electron chi connectivity index (χ4n) is 7.13. The molecule has 0 aliphatic carbocycles. The minimum atomic E-state index is -1.96. The molecule has 2 aliphatic heterocycles. The number of halogens is 4. The Kier molecular flexibility index (Phi) is 8.01. The Labute approximate surface area is 286 Å². The number of fused-ring (bicyclic) bond motifs is 3. The molecular formula is C36H28ClF3N4O6. The van der Waals surface area contributed by atoms with E-state index < -0.39 is 66.1 Å². The van der Waals surface area contributed by atoms with Gasteiger partial charge in [-0.1, -0.05) is 41.1 Å². The van der Waals surface area contributed by atoms with Crippen molar-refractivity contribution in [2.24, 2.45) is 0 Å². The topological polar surface area (TPSA) is 139 Å². The Balaban J connectivity index is 1.13. The van der Waals surface area contributed by atoms with Gasteiger partial charge < -0.3 is 30.1 Å². The number of aliphatic hydroxyl groups excluding tert-OH is 3. The highest BCUT2D eigenvalue weighted by molar-refractivity contribution is 6.36. The zero-order valence-electron chi connectivity index (χ0n) is 25.9. The van der Waals surface area contributed by atoms with Gasteiger partial charge in [0.1, 0.15) is 30.0 Å². The first kappa shape index (κ1) is 32.6. The molecule has 0 radical (unpaired) electrons. The van der Waals surface area contributed by atoms with Crippen LogP contribution in [0, 0.1) is 17.5 Å². The molecule has 3 heterocycles. The summed E-state index contributed by atoms with van der Waals surface area (Å²) in [7, 11) is 0. The maximum absolute atomic E-state index is 14.1. The molecule has 2 fully saturated rings. The number of aliphatic hydroxyl groups is 3. The van der Waals surface area contributed by atoms with E-state index in [9.17, 15) is 33.3 Å². The van der Waals surface area contributed by atoms with Crippen LogP contribution in [0.2, 0.25) is 5.02 Å². The van der Waals surface area contributed by atoms with Gasteiger partial charge in [-0.15, -0.1) is 5.10 Å². The van der Waals surface area contributed by atoms with Crippen LogP contribution in [0.1, 0.15) is 22.8 Å². The Morgan fingerprint density at radius 1 is 0.960 bits per heavy atom. The van der Waals surface area contributed by atoms with E-state index in [1.54, 1.807) is 12.1 Å². The normalized spacial score (nSPS) is 25.2. The van der Waals surface area contributed by atoms with E-state index >= 15 is 0 Å². The first-order valence-corrected chi connectivity index (χ1v) is 16.2. The minimum Gasteiger partial charge on any atom is -0.394 e. The number of nitrogens with zero attached hydrogens (tertiary/aromatic N) is 3. The highest BCUT2D eigenvalue weighted by atomic mass is 35.5. The summed E-state index contributed by atoms with van der Waals surface area (Å²) in [5, 5.41) is 49.6. The average molecular weight is 705 g/mol. The quantitative estimate of drug-likeness (QED) is 0.145. The maximum Gasteiger partial charge on any atom is 0.252 e. The van der Waals surface area contributed by atoms with Crippen LogP contribution in [-0.4, -0.2) is 79.6 Å². The summed E-state index contributed by atoms with van der Waals surface area (Å²) >= 11 is 6.62. The van der Waals surface area contributed by atoms with Crippen molar-refractivity contribution in [3.05, 3.63) is 107 Å². The highest BCUT2D eigenvalue weighted by Crippen LogP contribution is 2.44. The van der Waals surface area contributed by atoms with E-state index in [0.29, 0.717) is 21.4 Å². The van der Waals surface area contributed by atoms with Crippen molar-refractivity contribution in [3.63, 3.8) is 0 Å². The fourth-order valence-corrected chi connectivity index (χ4v) is 7.35. The number of carbonyl (C=O) groups is 1. The number of benzene rings is 5. The molecule has 6 aromatic rings. The lowest BCUT2D eigenvalue weighted by molar-refractivity contribution is -0.344. The minimum absolute atomic E-state index is 0.0405. The molecule has 256 valence electrons. The van der Waals surface area contributed by atoms with Gasteiger partial charge in [0.25, 0.3) is 5.91 Å². The van der Waals surface area contributed by atoms with Crippen LogP contribution in [0.5, 0.6) is 0 Å². The van der Waals surface area contributed by atoms with Crippen molar-refractivity contribution in [1.82, 2.24) is 20.3 Å². The molecule has 2 aliphatic rings. The standard InChI is InChI=1S/C36H28ClF3N4O6/c37-25-6-5-22(23-11-19-9-17-3-1-2-4-18(17)10-20(19)12-24(23)25)35(48)41-30-7-8-49-36(30)34(47)32(33(46)29(16-45)50-36)44-15-28(42-43-44)21-13-26(38)31(40)27(39)14-21/h1-6,9-15,29-30,32-34,45-47H,7-8,16H2,(H,41,48)/t29-,30-,32+,33+,34-,36+/m1/s1. The number of hydrogen-bond acceptors (Lipinski definition) is 8. The van der Waals surface area contributed by atoms with Crippen molar-refractivity contribution < 1.29 is 42.8 Å². The smallest absolute Gasteiger partial charge is 0.252 e. The number of nitrogens with one attached hydrogen (secondary N) is 1. The Morgan fingerprint density at radius 3 is 2.32 bits per heavy atom. The zero-order chi connectivity index (χ0) is 34.9. The second kappa shape index (κ2) is 12.3. The number of amides is 1. The number of rotatable bonds is 5. The number of carbonyl (C=O) groups excluding carboxylic acids is 1. The van der Waals surface area contributed by atoms with Crippen LogP contribution in [0.15, 0.2) is 79.0 Å². The SMILES string of the molecule is O=C(N[C@@H]1CCO[C@]12O[C@H](CO)[C@H](O)[C@H](n1cc(-c3cc(F)c(F)c(F)c3)nn1)[C@H]2O)c1ccc(Cl)c2cc3cc4ccccc4cc3cc12. The summed E-state index contributed by atoms with van der Waals surface area (Å²) in [4.78, 5) is 14.1. The molecule has 10 nitrogen and oxygen atoms in total. The monoisotopic (exact) mass is 704 g/mol. The predicted octanol–water partition coefficient (Wildman–Crippen LogP) is 5.04. The number of hydrogen-bond donors (Lipinski definition) is 4. The number of aromatic nitrogens is 3. The molecule has 0 bridgehead atoms. The molecule has 1 spiro atoms. The largest absolute Gasteiger partial charge is 0.394 e. The van der Waals surface area contributed by atoms with Gasteiger partial charge in [0, 0.05) is 21.5 Å². The van der Waals surface area contributed by atoms with Gasteiger partial charge in [-0.05, 0) is 81.9 Å². The first-order chi connectivity index (χ1) is 24.1. The van der Waals surface area contributed by atoms with Crippen molar-refractivity contribution in [3.8, 4) is 11.3 Å². The summed E-state index contributed by atoms with van der Waals surface area (Å²) in [6.45, 7) is -0.658. The molecule has 50 heavy (non-hydrogen) atoms. The average Bonchev–Trinajstić information content (AvgIpc) is 3.75. The van der Waals surface area contributed by atoms with Crippen LogP contribution in [0.3, 0.4) is 0 Å². The van der Waals surface area contributed by atoms with E-state index in [4.69, 9.17) is 21.1 Å². The van der Waals surface area contributed by atoms with Gasteiger partial charge in [-0.25, -0.2) is 17.9 Å². The summed E-state index contributed by atoms with van der Waals surface area (Å²) in [5.41, 5.74) is 0.0768. The second-order valence-corrected chi connectivity index (χ2v) is 12.9. The summed E-state index contributed by atoms with van der Waals surface area (Å²) in [5.74, 6) is -6.99. The maximum atomic E-state index is 14.1. The molecular weight excluding hydrogens is 677 g/mol. The Morgan fingerprint density at radius 2 is 1.64 bits per heavy atom. The lowest BCUT2D eigenvalue weighted by Gasteiger charge is -2.49. The fraction of sp³-hybridized carbons (Fsp3) is 0.250. The second-order valence-electron chi connectivity index (χ2n) is 12.5. The van der Waals surface area contributed by atoms with Crippen molar-refractivity contribution in [2.75, 3.05) is 13.2 Å². The molecule has 6 atom stereocenters. The third-order valence-corrected chi connectivity index (χ3v) is 9.96. The van der Waals surface area contributed by atoms with E-state index in [-0.39, 0.29) is 24.3 Å². The van der Waals surface area contributed by atoms with Gasteiger partial charge >= 0.3 is 0 Å². The summed E-state index contributed by atoms with van der Waals surface area (Å²) in [6.07, 6.45) is -3.19. The molecule has 1 aromatic heterocycles. The van der Waals surface area contributed by atoms with Crippen LogP contribution < -0.4 is 5.32 Å². The molecule has 4 N–H and O–H groups in total. The van der Waals surface area contributed by atoms with E-state index in [1.807, 2.05) is 42.5 Å². The van der Waals surface area contributed by atoms with Crippen LogP contribution in [-0.2, 0) is 9.47 Å². The molecule has 5 aromatic carbocycles. The zero-order valence-corrected chi connectivity index (χ0v) is 26.7. The summed E-state index contributed by atoms with van der Waals surface area (Å²) in [6, 6.07) is 18.2. The van der Waals surface area contributed by atoms with Crippen LogP contribution >= 0.6 is 11.6 Å². The lowest BCUT2D eigenvalue weighted by Crippen LogP contribution is -2.69. The molecule has 1 amide bonds. The highest BCUT2D eigenvalue weighted by Gasteiger charge is 2.62. The molecule has 2 saturated heterocycles. The van der Waals surface area contributed by atoms with Crippen molar-refractivity contribution in [1.29, 1.82) is 0 Å². The first-order valence-electron chi connectivity index (χ1n) is 15.8. The third kappa shape index (κ3) is 5.20. The van der Waals surface area contributed by atoms with E-state index in [1.165, 1.54) is 6.20 Å². The van der Waals surface area contributed by atoms with E-state index in [2.05, 4.69) is 21.7 Å². The van der Waals surface area contributed by atoms with Gasteiger partial charge in [0.05, 0.1) is 25.5 Å². The summed E-state index contributed by atoms with van der Waals surface area (Å²) < 4.78 is 54.6. The molecule has 8 rings (SSSR count). The van der Waals surface area contributed by atoms with Gasteiger partial charge in [0.2, 0.25) is 5.79 Å². The van der Waals surface area contributed by atoms with Gasteiger partial charge in [-0.3, -0.25) is 4.79 Å². The Hall–Kier alpha value is -4.63. The van der Waals surface area contributed by atoms with Gasteiger partial charge in [-0.2, -0.15) is 0 Å². The van der Waals surface area contributed by atoms with Crippen molar-refractivity contribution >= 4 is 49.8 Å². The molecule has 0 unspecified atom stereocenters. The predicted molar refractivity (Wildman–Crippen MR) is 177 cm³/mol. The molecule has 14 heteroatoms. The van der Waals surface area contributed by atoms with Gasteiger partial charge in [0.15, 0.2) is 17.5 Å². The lowest BCUT2D eigenvalue weighted by atomic mass is 9.86. The number of ether oxygens (including phenoxy) is 2. The van der Waals surface area contributed by atoms with Crippen LogP contribution in [0.4, 0.5) is 13.2 Å². The molecule has 0 saturated carbocycles. The van der Waals surface area contributed by atoms with Crippen LogP contribution in [0.25, 0.3) is 43.6 Å².